The quantitative estimate of drug-likeness (QED) is 0.186. The molecule has 0 unspecified atom stereocenters. The molecule has 2 amide bonds. The number of unbranched alkanes of at least 4 members (excludes halogenated alkanes) is 1. The minimum atomic E-state index is -0.959. The van der Waals surface area contributed by atoms with E-state index in [2.05, 4.69) is 24.5 Å². The predicted octanol–water partition coefficient (Wildman–Crippen LogP) is 3.42. The van der Waals surface area contributed by atoms with Crippen LogP contribution in [-0.4, -0.2) is 43.3 Å². The fourth-order valence-corrected chi connectivity index (χ4v) is 2.73. The summed E-state index contributed by atoms with van der Waals surface area (Å²) < 4.78 is 4.98. The number of hydrogen-bond donors (Lipinski definition) is 2. The Bertz CT molecular complexity index is 543. The molecule has 7 heteroatoms. The molecule has 0 aliphatic carbocycles. The van der Waals surface area contributed by atoms with Crippen molar-refractivity contribution in [2.75, 3.05) is 13.2 Å². The first-order valence-corrected chi connectivity index (χ1v) is 10.6. The Morgan fingerprint density at radius 3 is 2.34 bits per heavy atom. The Morgan fingerprint density at radius 2 is 1.79 bits per heavy atom. The van der Waals surface area contributed by atoms with E-state index < -0.39 is 17.9 Å². The van der Waals surface area contributed by atoms with Gasteiger partial charge in [0.2, 0.25) is 11.7 Å². The van der Waals surface area contributed by atoms with Gasteiger partial charge in [-0.25, -0.2) is 4.79 Å². The second-order valence-electron chi connectivity index (χ2n) is 8.02. The van der Waals surface area contributed by atoms with Crippen LogP contribution in [0.15, 0.2) is 12.2 Å². The molecule has 2 N–H and O–H groups in total. The third-order valence-electron chi connectivity index (χ3n) is 4.28. The van der Waals surface area contributed by atoms with Gasteiger partial charge in [-0.05, 0) is 37.5 Å². The van der Waals surface area contributed by atoms with E-state index in [1.54, 1.807) is 0 Å². The molecular weight excluding hydrogens is 372 g/mol. The highest BCUT2D eigenvalue weighted by atomic mass is 16.5. The van der Waals surface area contributed by atoms with Gasteiger partial charge in [0.05, 0.1) is 12.6 Å². The van der Waals surface area contributed by atoms with E-state index in [0.717, 1.165) is 12.8 Å². The number of rotatable bonds is 15. The zero-order chi connectivity index (χ0) is 22.2. The lowest BCUT2D eigenvalue weighted by molar-refractivity contribution is -0.134. The Kier molecular flexibility index (Phi) is 14.5. The van der Waals surface area contributed by atoms with Gasteiger partial charge in [0.15, 0.2) is 6.29 Å². The van der Waals surface area contributed by atoms with Crippen LogP contribution in [0, 0.1) is 17.8 Å². The lowest BCUT2D eigenvalue weighted by Gasteiger charge is -2.21. The van der Waals surface area contributed by atoms with Gasteiger partial charge in [0.25, 0.3) is 0 Å². The minimum Gasteiger partial charge on any atom is -0.450 e. The highest BCUT2D eigenvalue weighted by molar-refractivity contribution is 6.27. The van der Waals surface area contributed by atoms with Gasteiger partial charge in [0.1, 0.15) is 0 Å². The molecule has 2 atom stereocenters. The van der Waals surface area contributed by atoms with Crippen molar-refractivity contribution in [3.8, 4) is 0 Å². The Balaban J connectivity index is 4.81. The summed E-state index contributed by atoms with van der Waals surface area (Å²) in [5, 5.41) is 5.23. The molecule has 0 heterocycles. The summed E-state index contributed by atoms with van der Waals surface area (Å²) in [6.45, 7) is 10.6. The van der Waals surface area contributed by atoms with Crippen LogP contribution in [0.2, 0.25) is 0 Å². The standard InChI is InChI=1S/C22H38N2O5/c1-6-7-13-29-22(28)23-12-11-19(20(26)15-25)24-21(27)18(14-17(4)5)10-8-9-16(2)3/h8-9,15-19H,6-7,10-14H2,1-5H3,(H,23,28)(H,24,27)/b9-8+/t18-,19-/m0/s1. The zero-order valence-corrected chi connectivity index (χ0v) is 18.5. The third kappa shape index (κ3) is 13.6. The molecule has 7 nitrogen and oxygen atoms in total. The normalized spacial score (nSPS) is 13.3. The molecule has 0 saturated carbocycles. The molecule has 0 fully saturated rings. The number of alkyl carbamates (subject to hydrolysis) is 1. The second-order valence-corrected chi connectivity index (χ2v) is 8.02. The van der Waals surface area contributed by atoms with Crippen molar-refractivity contribution in [2.45, 2.75) is 72.8 Å². The third-order valence-corrected chi connectivity index (χ3v) is 4.28. The fourth-order valence-electron chi connectivity index (χ4n) is 2.73. The summed E-state index contributed by atoms with van der Waals surface area (Å²) in [6, 6.07) is -0.959. The van der Waals surface area contributed by atoms with Gasteiger partial charge < -0.3 is 15.4 Å². The summed E-state index contributed by atoms with van der Waals surface area (Å²) in [7, 11) is 0. The SMILES string of the molecule is CCCCOC(=O)NCC[C@H](NC(=O)[C@@H](C/C=C/C(C)C)CC(C)C)C(=O)C=O. The van der Waals surface area contributed by atoms with Gasteiger partial charge in [-0.3, -0.25) is 14.4 Å². The molecule has 0 aliphatic rings. The van der Waals surface area contributed by atoms with Crippen LogP contribution < -0.4 is 10.6 Å². The van der Waals surface area contributed by atoms with E-state index >= 15 is 0 Å². The number of nitrogens with one attached hydrogen (secondary N) is 2. The van der Waals surface area contributed by atoms with Crippen LogP contribution >= 0.6 is 0 Å². The molecule has 0 rings (SSSR count). The number of carbonyl (C=O) groups is 4. The molecule has 0 saturated heterocycles. The van der Waals surface area contributed by atoms with Gasteiger partial charge in [-0.15, -0.1) is 0 Å². The van der Waals surface area contributed by atoms with E-state index in [9.17, 15) is 19.2 Å². The van der Waals surface area contributed by atoms with E-state index in [1.165, 1.54) is 0 Å². The number of Topliss-reactive ketones (excluding diaryl/α,β-unsaturated/α-hetero) is 1. The molecule has 0 bridgehead atoms. The Hall–Kier alpha value is -2.18. The summed E-state index contributed by atoms with van der Waals surface area (Å²) in [4.78, 5) is 47.2. The number of hydrogen-bond acceptors (Lipinski definition) is 5. The van der Waals surface area contributed by atoms with Crippen molar-refractivity contribution in [1.29, 1.82) is 0 Å². The maximum Gasteiger partial charge on any atom is 0.407 e. The van der Waals surface area contributed by atoms with E-state index in [-0.39, 0.29) is 31.1 Å². The van der Waals surface area contributed by atoms with Crippen LogP contribution in [-0.2, 0) is 19.1 Å². The molecule has 29 heavy (non-hydrogen) atoms. The molecule has 166 valence electrons. The van der Waals surface area contributed by atoms with Crippen molar-refractivity contribution >= 4 is 24.1 Å². The largest absolute Gasteiger partial charge is 0.450 e. The first-order valence-electron chi connectivity index (χ1n) is 10.6. The number of amides is 2. The van der Waals surface area contributed by atoms with Gasteiger partial charge in [-0.2, -0.15) is 0 Å². The maximum absolute atomic E-state index is 12.7. The fraction of sp³-hybridized carbons (Fsp3) is 0.727. The summed E-state index contributed by atoms with van der Waals surface area (Å²) >= 11 is 0. The molecule has 0 aliphatic heterocycles. The second kappa shape index (κ2) is 15.7. The van der Waals surface area contributed by atoms with Gasteiger partial charge in [0, 0.05) is 12.5 Å². The number of carbonyl (C=O) groups excluding carboxylic acids is 4. The number of aldehydes is 1. The highest BCUT2D eigenvalue weighted by Gasteiger charge is 2.25. The first-order chi connectivity index (χ1) is 13.7. The van der Waals surface area contributed by atoms with Crippen LogP contribution in [0.5, 0.6) is 0 Å². The van der Waals surface area contributed by atoms with Gasteiger partial charge in [-0.1, -0.05) is 53.2 Å². The summed E-state index contributed by atoms with van der Waals surface area (Å²) in [5.74, 6) is -0.527. The smallest absolute Gasteiger partial charge is 0.407 e. The van der Waals surface area contributed by atoms with E-state index in [4.69, 9.17) is 4.74 Å². The highest BCUT2D eigenvalue weighted by Crippen LogP contribution is 2.17. The molecule has 0 spiro atoms. The summed E-state index contributed by atoms with van der Waals surface area (Å²) in [5.41, 5.74) is 0. The Labute approximate surface area is 175 Å². The minimum absolute atomic E-state index is 0.123. The lowest BCUT2D eigenvalue weighted by atomic mass is 9.92. The van der Waals surface area contributed by atoms with Crippen molar-refractivity contribution in [2.24, 2.45) is 17.8 Å². The summed E-state index contributed by atoms with van der Waals surface area (Å²) in [6.07, 6.45) is 6.74. The average molecular weight is 411 g/mol. The average Bonchev–Trinajstić information content (AvgIpc) is 2.65. The van der Waals surface area contributed by atoms with Crippen LogP contribution in [0.1, 0.15) is 66.7 Å². The van der Waals surface area contributed by atoms with Crippen molar-refractivity contribution in [3.63, 3.8) is 0 Å². The van der Waals surface area contributed by atoms with Gasteiger partial charge >= 0.3 is 6.09 Å². The van der Waals surface area contributed by atoms with Crippen LogP contribution in [0.3, 0.4) is 0 Å². The molecule has 0 aromatic rings. The van der Waals surface area contributed by atoms with Crippen LogP contribution in [0.25, 0.3) is 0 Å². The zero-order valence-electron chi connectivity index (χ0n) is 18.5. The Morgan fingerprint density at radius 1 is 1.10 bits per heavy atom. The van der Waals surface area contributed by atoms with Crippen molar-refractivity contribution in [3.05, 3.63) is 12.2 Å². The number of ether oxygens (including phenoxy) is 1. The number of allylic oxidation sites excluding steroid dienone is 2. The van der Waals surface area contributed by atoms with Crippen molar-refractivity contribution in [1.82, 2.24) is 10.6 Å². The molecule has 0 aromatic carbocycles. The predicted molar refractivity (Wildman–Crippen MR) is 113 cm³/mol. The molecule has 0 radical (unpaired) electrons. The topological polar surface area (TPSA) is 102 Å². The lowest BCUT2D eigenvalue weighted by Crippen LogP contribution is -2.46. The monoisotopic (exact) mass is 410 g/mol. The maximum atomic E-state index is 12.7. The van der Waals surface area contributed by atoms with E-state index in [0.29, 0.717) is 31.3 Å². The number of ketones is 1. The van der Waals surface area contributed by atoms with Crippen molar-refractivity contribution < 1.29 is 23.9 Å². The first kappa shape index (κ1) is 26.8. The molecule has 0 aromatic heterocycles. The van der Waals surface area contributed by atoms with E-state index in [1.807, 2.05) is 32.9 Å². The van der Waals surface area contributed by atoms with Crippen LogP contribution in [0.4, 0.5) is 4.79 Å². The molecular formula is C22H38N2O5.